The summed E-state index contributed by atoms with van der Waals surface area (Å²) in [7, 11) is 0. The Labute approximate surface area is 200 Å². The maximum Gasteiger partial charge on any atom is 0.416 e. The number of halogens is 4. The van der Waals surface area contributed by atoms with E-state index in [1.54, 1.807) is 48.5 Å². The van der Waals surface area contributed by atoms with Gasteiger partial charge in [0.25, 0.3) is 5.91 Å². The quantitative estimate of drug-likeness (QED) is 0.341. The van der Waals surface area contributed by atoms with Gasteiger partial charge in [0, 0.05) is 33.6 Å². The minimum absolute atomic E-state index is 0. The number of hydrogen-bond acceptors (Lipinski definition) is 4. The molecule has 3 aromatic carbocycles. The molecule has 0 bridgehead atoms. The summed E-state index contributed by atoms with van der Waals surface area (Å²) >= 11 is 0. The molecule has 0 radical (unpaired) electrons. The normalized spacial score (nSPS) is 11.1. The van der Waals surface area contributed by atoms with Crippen LogP contribution in [0.1, 0.15) is 27.2 Å². The smallest absolute Gasteiger partial charge is 0.416 e. The van der Waals surface area contributed by atoms with Crippen molar-refractivity contribution in [1.29, 1.82) is 0 Å². The molecule has 0 fully saturated rings. The molecule has 0 aliphatic carbocycles. The zero-order valence-electron chi connectivity index (χ0n) is 18.0. The van der Waals surface area contributed by atoms with Crippen LogP contribution in [0.15, 0.2) is 72.8 Å². The number of hydrogen-bond donors (Lipinski definition) is 2. The molecule has 0 unspecified atom stereocenters. The number of nitrogens with two attached hydrogens (primary N) is 1. The van der Waals surface area contributed by atoms with Crippen molar-refractivity contribution >= 4 is 40.6 Å². The summed E-state index contributed by atoms with van der Waals surface area (Å²) in [5.74, 6) is -0.0781. The lowest BCUT2D eigenvalue weighted by atomic mass is 10.1. The number of nitrogen functional groups attached to an aromatic ring is 1. The number of carbonyl (C=O) groups is 1. The molecule has 5 nitrogen and oxygen atoms in total. The Hall–Kier alpha value is -3.78. The highest BCUT2D eigenvalue weighted by Gasteiger charge is 2.30. The van der Waals surface area contributed by atoms with E-state index < -0.39 is 11.7 Å². The molecule has 4 rings (SSSR count). The van der Waals surface area contributed by atoms with Gasteiger partial charge in [-0.2, -0.15) is 13.2 Å². The zero-order valence-corrected chi connectivity index (χ0v) is 18.8. The van der Waals surface area contributed by atoms with Crippen LogP contribution in [0.3, 0.4) is 0 Å². The van der Waals surface area contributed by atoms with Gasteiger partial charge in [-0.15, -0.1) is 12.4 Å². The number of aromatic nitrogens is 1. The van der Waals surface area contributed by atoms with Crippen LogP contribution >= 0.6 is 12.4 Å². The van der Waals surface area contributed by atoms with Gasteiger partial charge in [-0.25, -0.2) is 0 Å². The van der Waals surface area contributed by atoms with Crippen LogP contribution in [0.5, 0.6) is 5.75 Å². The summed E-state index contributed by atoms with van der Waals surface area (Å²) in [6.07, 6.45) is -4.41. The van der Waals surface area contributed by atoms with Crippen molar-refractivity contribution < 1.29 is 22.7 Å². The average Bonchev–Trinajstić information content (AvgIpc) is 2.78. The van der Waals surface area contributed by atoms with Gasteiger partial charge in [-0.05, 0) is 61.5 Å². The summed E-state index contributed by atoms with van der Waals surface area (Å²) in [6.45, 7) is 1.87. The second kappa shape index (κ2) is 10.0. The molecule has 0 aliphatic heterocycles. The van der Waals surface area contributed by atoms with Crippen LogP contribution < -0.4 is 15.8 Å². The van der Waals surface area contributed by atoms with Gasteiger partial charge in [0.2, 0.25) is 0 Å². The zero-order chi connectivity index (χ0) is 23.6. The van der Waals surface area contributed by atoms with Crippen LogP contribution in [-0.2, 0) is 12.8 Å². The lowest BCUT2D eigenvalue weighted by Crippen LogP contribution is -2.15. The fraction of sp³-hybridized carbons (Fsp3) is 0.120. The molecule has 0 aliphatic rings. The molecule has 3 N–H and O–H groups in total. The molecule has 1 heterocycles. The number of rotatable bonds is 5. The number of fused-ring (bicyclic) bond motifs is 1. The summed E-state index contributed by atoms with van der Waals surface area (Å²) in [4.78, 5) is 17.4. The monoisotopic (exact) mass is 487 g/mol. The van der Waals surface area contributed by atoms with Crippen molar-refractivity contribution in [2.45, 2.75) is 19.7 Å². The van der Waals surface area contributed by atoms with Crippen LogP contribution in [-0.4, -0.2) is 10.9 Å². The van der Waals surface area contributed by atoms with Crippen LogP contribution in [0.4, 0.5) is 24.5 Å². The van der Waals surface area contributed by atoms with E-state index in [4.69, 9.17) is 10.5 Å². The fourth-order valence-electron chi connectivity index (χ4n) is 3.43. The van der Waals surface area contributed by atoms with E-state index in [1.807, 2.05) is 6.92 Å². The Bertz CT molecular complexity index is 1330. The molecule has 0 atom stereocenters. The Kier molecular flexibility index (Phi) is 7.32. The number of anilines is 2. The number of pyridine rings is 1. The van der Waals surface area contributed by atoms with E-state index in [2.05, 4.69) is 10.3 Å². The third-order valence-electron chi connectivity index (χ3n) is 5.06. The highest BCUT2D eigenvalue weighted by atomic mass is 35.5. The number of alkyl halides is 3. The molecule has 4 aromatic rings. The average molecular weight is 488 g/mol. The minimum atomic E-state index is -4.41. The Balaban J connectivity index is 0.00000324. The highest BCUT2D eigenvalue weighted by molar-refractivity contribution is 6.06. The molecule has 176 valence electrons. The van der Waals surface area contributed by atoms with Gasteiger partial charge >= 0.3 is 6.18 Å². The lowest BCUT2D eigenvalue weighted by molar-refractivity contribution is -0.137. The predicted molar refractivity (Wildman–Crippen MR) is 128 cm³/mol. The standard InChI is InChI=1S/C25H20F3N3O2.ClH/c1-15-12-22(29)21-13-18(8-11-23(21)30-15)31-24(32)20-5-3-2-4-16(20)14-33-19-9-6-17(7-10-19)25(26,27)28;/h2-13H,14H2,1H3,(H2,29,30)(H,31,32);1H. The van der Waals surface area contributed by atoms with Gasteiger partial charge in [-0.1, -0.05) is 18.2 Å². The third kappa shape index (κ3) is 5.58. The van der Waals surface area contributed by atoms with Crippen molar-refractivity contribution in [3.8, 4) is 5.75 Å². The van der Waals surface area contributed by atoms with Crippen molar-refractivity contribution in [2.75, 3.05) is 11.1 Å². The van der Waals surface area contributed by atoms with Crippen LogP contribution in [0, 0.1) is 6.92 Å². The van der Waals surface area contributed by atoms with E-state index >= 15 is 0 Å². The van der Waals surface area contributed by atoms with E-state index in [0.717, 1.165) is 28.7 Å². The van der Waals surface area contributed by atoms with Crippen molar-refractivity contribution in [3.05, 3.63) is 95.2 Å². The first-order valence-corrected chi connectivity index (χ1v) is 10.1. The Morgan fingerprint density at radius 2 is 1.74 bits per heavy atom. The molecule has 0 saturated carbocycles. The lowest BCUT2D eigenvalue weighted by Gasteiger charge is -2.13. The van der Waals surface area contributed by atoms with Crippen molar-refractivity contribution in [3.63, 3.8) is 0 Å². The Morgan fingerprint density at radius 1 is 1.03 bits per heavy atom. The summed E-state index contributed by atoms with van der Waals surface area (Å²) in [5.41, 5.74) is 8.98. The predicted octanol–water partition coefficient (Wildman–Crippen LogP) is 6.40. The summed E-state index contributed by atoms with van der Waals surface area (Å²) < 4.78 is 43.8. The molecule has 34 heavy (non-hydrogen) atoms. The van der Waals surface area contributed by atoms with Gasteiger partial charge in [0.1, 0.15) is 12.4 Å². The number of nitrogens with one attached hydrogen (secondary N) is 1. The van der Waals surface area contributed by atoms with Crippen molar-refractivity contribution in [2.24, 2.45) is 0 Å². The number of carbonyl (C=O) groups excluding carboxylic acids is 1. The highest BCUT2D eigenvalue weighted by Crippen LogP contribution is 2.30. The summed E-state index contributed by atoms with van der Waals surface area (Å²) in [6, 6.07) is 18.3. The second-order valence-corrected chi connectivity index (χ2v) is 7.51. The molecule has 1 amide bonds. The largest absolute Gasteiger partial charge is 0.489 e. The minimum Gasteiger partial charge on any atom is -0.489 e. The van der Waals surface area contributed by atoms with Gasteiger partial charge in [0.15, 0.2) is 0 Å². The molecular formula is C25H21ClF3N3O2. The molecule has 9 heteroatoms. The van der Waals surface area contributed by atoms with E-state index in [9.17, 15) is 18.0 Å². The van der Waals surface area contributed by atoms with E-state index in [0.29, 0.717) is 22.5 Å². The maximum absolute atomic E-state index is 12.9. The molecule has 0 spiro atoms. The third-order valence-corrected chi connectivity index (χ3v) is 5.06. The van der Waals surface area contributed by atoms with Crippen LogP contribution in [0.25, 0.3) is 10.9 Å². The first kappa shape index (κ1) is 24.9. The molecule has 1 aromatic heterocycles. The van der Waals surface area contributed by atoms with Crippen molar-refractivity contribution in [1.82, 2.24) is 4.98 Å². The fourth-order valence-corrected chi connectivity index (χ4v) is 3.43. The summed E-state index contributed by atoms with van der Waals surface area (Å²) in [5, 5.41) is 3.59. The number of nitrogens with zero attached hydrogens (tertiary/aromatic N) is 1. The van der Waals surface area contributed by atoms with Gasteiger partial charge in [0.05, 0.1) is 11.1 Å². The first-order valence-electron chi connectivity index (χ1n) is 10.1. The van der Waals surface area contributed by atoms with E-state index in [-0.39, 0.29) is 30.7 Å². The number of benzene rings is 3. The number of aryl methyl sites for hydroxylation is 1. The molecular weight excluding hydrogens is 467 g/mol. The van der Waals surface area contributed by atoms with Crippen LogP contribution in [0.2, 0.25) is 0 Å². The number of amides is 1. The SMILES string of the molecule is Cc1cc(N)c2cc(NC(=O)c3ccccc3COc3ccc(C(F)(F)F)cc3)ccc2n1.Cl. The number of ether oxygens (including phenoxy) is 1. The second-order valence-electron chi connectivity index (χ2n) is 7.51. The topological polar surface area (TPSA) is 77.2 Å². The van der Waals surface area contributed by atoms with E-state index in [1.165, 1.54) is 12.1 Å². The molecule has 0 saturated heterocycles. The first-order chi connectivity index (χ1) is 15.7. The van der Waals surface area contributed by atoms with Gasteiger partial charge in [-0.3, -0.25) is 9.78 Å². The van der Waals surface area contributed by atoms with Gasteiger partial charge < -0.3 is 15.8 Å². The Morgan fingerprint density at radius 3 is 2.44 bits per heavy atom. The maximum atomic E-state index is 12.9.